The molecule has 3 heteroatoms. The van der Waals surface area contributed by atoms with Crippen molar-refractivity contribution in [3.8, 4) is 0 Å². The summed E-state index contributed by atoms with van der Waals surface area (Å²) in [6.07, 6.45) is 6.70. The zero-order valence-corrected chi connectivity index (χ0v) is 12.7. The minimum atomic E-state index is 0.614. The summed E-state index contributed by atoms with van der Waals surface area (Å²) in [7, 11) is 0. The van der Waals surface area contributed by atoms with E-state index in [0.717, 1.165) is 6.54 Å². The Hall–Kier alpha value is -0.120. The minimum Gasteiger partial charge on any atom is -0.329 e. The smallest absolute Gasteiger partial charge is 0.0219 e. The van der Waals surface area contributed by atoms with Crippen molar-refractivity contribution in [1.82, 2.24) is 9.80 Å². The predicted octanol–water partition coefficient (Wildman–Crippen LogP) is 2.31. The monoisotopic (exact) mass is 255 g/mol. The minimum absolute atomic E-state index is 0.614. The van der Waals surface area contributed by atoms with E-state index in [1.54, 1.807) is 0 Å². The highest BCUT2D eigenvalue weighted by atomic mass is 15.3. The van der Waals surface area contributed by atoms with Crippen molar-refractivity contribution in [2.24, 2.45) is 5.73 Å². The number of nitrogens with zero attached hydrogens (tertiary/aromatic N) is 2. The highest BCUT2D eigenvalue weighted by molar-refractivity contribution is 4.83. The zero-order valence-electron chi connectivity index (χ0n) is 12.7. The lowest BCUT2D eigenvalue weighted by Gasteiger charge is -2.42. The van der Waals surface area contributed by atoms with Crippen LogP contribution in [0.1, 0.15) is 52.9 Å². The van der Waals surface area contributed by atoms with Gasteiger partial charge in [0, 0.05) is 38.3 Å². The molecule has 3 nitrogen and oxygen atoms in total. The molecule has 0 bridgehead atoms. The van der Waals surface area contributed by atoms with Crippen LogP contribution < -0.4 is 5.73 Å². The van der Waals surface area contributed by atoms with Crippen LogP contribution in [0.25, 0.3) is 0 Å². The molecule has 108 valence electrons. The molecule has 1 aliphatic rings. The maximum absolute atomic E-state index is 5.98. The van der Waals surface area contributed by atoms with Crippen LogP contribution in [-0.4, -0.2) is 54.6 Å². The number of hydrogen-bond acceptors (Lipinski definition) is 3. The largest absolute Gasteiger partial charge is 0.329 e. The first-order valence-electron chi connectivity index (χ1n) is 7.91. The van der Waals surface area contributed by atoms with Crippen molar-refractivity contribution in [2.75, 3.05) is 32.7 Å². The van der Waals surface area contributed by atoms with Crippen molar-refractivity contribution in [1.29, 1.82) is 0 Å². The molecule has 1 heterocycles. The molecule has 0 spiro atoms. The van der Waals surface area contributed by atoms with Crippen LogP contribution in [-0.2, 0) is 0 Å². The van der Waals surface area contributed by atoms with Gasteiger partial charge in [-0.2, -0.15) is 0 Å². The molecule has 0 amide bonds. The van der Waals surface area contributed by atoms with Crippen LogP contribution in [0.5, 0.6) is 0 Å². The Bertz CT molecular complexity index is 208. The standard InChI is InChI=1S/C15H33N3/c1-4-6-7-8-9-15(12-16)18-11-10-17(5-2)14(3)13-18/h14-15H,4-13,16H2,1-3H3. The average Bonchev–Trinajstić information content (AvgIpc) is 2.39. The SMILES string of the molecule is CCCCCCC(CN)N1CCN(CC)C(C)C1. The van der Waals surface area contributed by atoms with Gasteiger partial charge in [0.1, 0.15) is 0 Å². The third kappa shape index (κ3) is 4.87. The Kier molecular flexibility index (Phi) is 7.87. The van der Waals surface area contributed by atoms with Gasteiger partial charge in [-0.25, -0.2) is 0 Å². The summed E-state index contributed by atoms with van der Waals surface area (Å²) in [6, 6.07) is 1.30. The summed E-state index contributed by atoms with van der Waals surface area (Å²) >= 11 is 0. The van der Waals surface area contributed by atoms with Crippen LogP contribution in [0.4, 0.5) is 0 Å². The number of hydrogen-bond donors (Lipinski definition) is 1. The van der Waals surface area contributed by atoms with E-state index in [4.69, 9.17) is 5.73 Å². The molecule has 1 aliphatic heterocycles. The van der Waals surface area contributed by atoms with E-state index in [0.29, 0.717) is 12.1 Å². The van der Waals surface area contributed by atoms with Crippen LogP contribution in [0, 0.1) is 0 Å². The second kappa shape index (κ2) is 8.89. The first kappa shape index (κ1) is 15.9. The lowest BCUT2D eigenvalue weighted by molar-refractivity contribution is 0.0575. The van der Waals surface area contributed by atoms with Crippen LogP contribution >= 0.6 is 0 Å². The summed E-state index contributed by atoms with van der Waals surface area (Å²) in [5, 5.41) is 0. The first-order chi connectivity index (χ1) is 8.72. The Morgan fingerprint density at radius 2 is 1.94 bits per heavy atom. The molecule has 0 radical (unpaired) electrons. The maximum atomic E-state index is 5.98. The topological polar surface area (TPSA) is 32.5 Å². The molecule has 1 rings (SSSR count). The lowest BCUT2D eigenvalue weighted by atomic mass is 10.0. The van der Waals surface area contributed by atoms with Gasteiger partial charge in [-0.05, 0) is 19.9 Å². The van der Waals surface area contributed by atoms with Crippen molar-refractivity contribution in [2.45, 2.75) is 65.0 Å². The molecular weight excluding hydrogens is 222 g/mol. The highest BCUT2D eigenvalue weighted by Gasteiger charge is 2.26. The van der Waals surface area contributed by atoms with Gasteiger partial charge in [0.25, 0.3) is 0 Å². The summed E-state index contributed by atoms with van der Waals surface area (Å²) in [5.41, 5.74) is 5.98. The number of unbranched alkanes of at least 4 members (excludes halogenated alkanes) is 3. The second-order valence-corrected chi connectivity index (χ2v) is 5.71. The summed E-state index contributed by atoms with van der Waals surface area (Å²) < 4.78 is 0. The van der Waals surface area contributed by atoms with Crippen molar-refractivity contribution >= 4 is 0 Å². The fraction of sp³-hybridized carbons (Fsp3) is 1.00. The summed E-state index contributed by atoms with van der Waals surface area (Å²) in [6.45, 7) is 12.5. The van der Waals surface area contributed by atoms with Crippen molar-refractivity contribution in [3.63, 3.8) is 0 Å². The van der Waals surface area contributed by atoms with Gasteiger partial charge in [0.05, 0.1) is 0 Å². The fourth-order valence-corrected chi connectivity index (χ4v) is 3.08. The van der Waals surface area contributed by atoms with Gasteiger partial charge >= 0.3 is 0 Å². The molecule has 2 N–H and O–H groups in total. The lowest BCUT2D eigenvalue weighted by Crippen LogP contribution is -2.56. The van der Waals surface area contributed by atoms with Crippen LogP contribution in [0.15, 0.2) is 0 Å². The van der Waals surface area contributed by atoms with E-state index < -0.39 is 0 Å². The van der Waals surface area contributed by atoms with Gasteiger partial charge in [-0.15, -0.1) is 0 Å². The molecule has 0 saturated carbocycles. The van der Waals surface area contributed by atoms with Gasteiger partial charge in [-0.1, -0.05) is 39.5 Å². The average molecular weight is 255 g/mol. The summed E-state index contributed by atoms with van der Waals surface area (Å²) in [4.78, 5) is 5.20. The summed E-state index contributed by atoms with van der Waals surface area (Å²) in [5.74, 6) is 0. The molecule has 0 aromatic carbocycles. The predicted molar refractivity (Wildman–Crippen MR) is 79.9 cm³/mol. The quantitative estimate of drug-likeness (QED) is 0.676. The number of piperazine rings is 1. The fourth-order valence-electron chi connectivity index (χ4n) is 3.08. The Morgan fingerprint density at radius 3 is 2.50 bits per heavy atom. The number of rotatable bonds is 8. The molecule has 2 unspecified atom stereocenters. The van der Waals surface area contributed by atoms with Gasteiger partial charge in [-0.3, -0.25) is 9.80 Å². The van der Waals surface area contributed by atoms with Crippen molar-refractivity contribution in [3.05, 3.63) is 0 Å². The third-order valence-corrected chi connectivity index (χ3v) is 4.38. The number of nitrogens with two attached hydrogens (primary N) is 1. The molecule has 18 heavy (non-hydrogen) atoms. The maximum Gasteiger partial charge on any atom is 0.0219 e. The highest BCUT2D eigenvalue weighted by Crippen LogP contribution is 2.16. The first-order valence-corrected chi connectivity index (χ1v) is 7.91. The second-order valence-electron chi connectivity index (χ2n) is 5.71. The third-order valence-electron chi connectivity index (χ3n) is 4.38. The Balaban J connectivity index is 2.32. The molecule has 0 aromatic heterocycles. The molecule has 0 aliphatic carbocycles. The Labute approximate surface area is 114 Å². The van der Waals surface area contributed by atoms with E-state index in [9.17, 15) is 0 Å². The normalized spacial score (nSPS) is 24.3. The molecule has 1 fully saturated rings. The van der Waals surface area contributed by atoms with Crippen molar-refractivity contribution < 1.29 is 0 Å². The van der Waals surface area contributed by atoms with Gasteiger partial charge in [0.2, 0.25) is 0 Å². The molecule has 0 aromatic rings. The number of likely N-dealkylation sites (N-methyl/N-ethyl adjacent to an activating group) is 1. The van der Waals surface area contributed by atoms with Gasteiger partial charge in [0.15, 0.2) is 0 Å². The van der Waals surface area contributed by atoms with Crippen LogP contribution in [0.3, 0.4) is 0 Å². The molecular formula is C15H33N3. The van der Waals surface area contributed by atoms with E-state index in [-0.39, 0.29) is 0 Å². The zero-order chi connectivity index (χ0) is 13.4. The van der Waals surface area contributed by atoms with E-state index in [2.05, 4.69) is 30.6 Å². The molecule has 2 atom stereocenters. The van der Waals surface area contributed by atoms with Gasteiger partial charge < -0.3 is 5.73 Å². The van der Waals surface area contributed by atoms with E-state index in [1.165, 1.54) is 58.3 Å². The molecule has 1 saturated heterocycles. The Morgan fingerprint density at radius 1 is 1.17 bits per heavy atom. The van der Waals surface area contributed by atoms with E-state index in [1.807, 2.05) is 0 Å². The van der Waals surface area contributed by atoms with Crippen LogP contribution in [0.2, 0.25) is 0 Å². The van der Waals surface area contributed by atoms with E-state index >= 15 is 0 Å².